The molecule has 0 aliphatic carbocycles. The zero-order chi connectivity index (χ0) is 16.1. The van der Waals surface area contributed by atoms with Crippen molar-refractivity contribution in [2.75, 3.05) is 18.4 Å². The Balaban J connectivity index is 0.00000264. The first-order chi connectivity index (χ1) is 10.5. The summed E-state index contributed by atoms with van der Waals surface area (Å²) < 4.78 is 5.46. The van der Waals surface area contributed by atoms with Gasteiger partial charge in [0.1, 0.15) is 6.26 Å². The molecule has 0 unspecified atom stereocenters. The highest BCUT2D eigenvalue weighted by molar-refractivity contribution is 5.90. The number of hydrogen-bond acceptors (Lipinski definition) is 3. The summed E-state index contributed by atoms with van der Waals surface area (Å²) in [4.78, 5) is 18.4. The highest BCUT2D eigenvalue weighted by atomic mass is 16.3. The van der Waals surface area contributed by atoms with Gasteiger partial charge in [0.25, 0.3) is 0 Å². The lowest BCUT2D eigenvalue weighted by molar-refractivity contribution is 0.214. The topological polar surface area (TPSA) is 58.4 Å². The number of nitrogens with zero attached hydrogens (tertiary/aromatic N) is 2. The molecular weight excluding hydrogens is 278 g/mol. The van der Waals surface area contributed by atoms with Crippen LogP contribution < -0.4 is 5.32 Å². The van der Waals surface area contributed by atoms with Gasteiger partial charge in [-0.15, -0.1) is 0 Å². The van der Waals surface area contributed by atoms with E-state index >= 15 is 0 Å². The van der Waals surface area contributed by atoms with Crippen LogP contribution in [0.5, 0.6) is 0 Å². The van der Waals surface area contributed by atoms with Crippen molar-refractivity contribution in [1.82, 2.24) is 9.88 Å². The number of hydrogen-bond donors (Lipinski definition) is 1. The maximum atomic E-state index is 12.2. The number of urea groups is 1. The van der Waals surface area contributed by atoms with Gasteiger partial charge >= 0.3 is 6.03 Å². The number of carbonyl (C=O) groups is 1. The van der Waals surface area contributed by atoms with Crippen LogP contribution in [0.4, 0.5) is 10.5 Å². The van der Waals surface area contributed by atoms with E-state index in [0.717, 1.165) is 35.5 Å². The summed E-state index contributed by atoms with van der Waals surface area (Å²) in [6.45, 7) is 9.36. The third-order valence-corrected chi connectivity index (χ3v) is 3.50. The predicted molar refractivity (Wildman–Crippen MR) is 90.1 cm³/mol. The normalized spacial score (nSPS) is 10.5. The maximum Gasteiger partial charge on any atom is 0.321 e. The summed E-state index contributed by atoms with van der Waals surface area (Å²) in [5.41, 5.74) is 3.53. The Hall–Kier alpha value is -2.30. The van der Waals surface area contributed by atoms with Crippen molar-refractivity contribution in [1.29, 1.82) is 0 Å². The number of benzene rings is 1. The molecule has 2 amide bonds. The number of nitrogens with one attached hydrogen (secondary N) is 1. The second-order valence-electron chi connectivity index (χ2n) is 5.33. The zero-order valence-corrected chi connectivity index (χ0v) is 13.6. The van der Waals surface area contributed by atoms with E-state index < -0.39 is 0 Å². The lowest BCUT2D eigenvalue weighted by Crippen LogP contribution is -2.35. The first kappa shape index (κ1) is 16.1. The molecule has 0 fully saturated rings. The second kappa shape index (κ2) is 7.11. The highest BCUT2D eigenvalue weighted by Gasteiger charge is 2.13. The van der Waals surface area contributed by atoms with Crippen molar-refractivity contribution in [3.8, 4) is 11.5 Å². The molecular formula is C17H25N3O2. The van der Waals surface area contributed by atoms with Gasteiger partial charge in [0, 0.05) is 25.8 Å². The Morgan fingerprint density at radius 3 is 2.73 bits per heavy atom. The van der Waals surface area contributed by atoms with E-state index in [1.165, 1.54) is 0 Å². The van der Waals surface area contributed by atoms with E-state index in [1.54, 1.807) is 11.2 Å². The Bertz CT molecular complexity index is 655. The molecule has 5 heteroatoms. The second-order valence-corrected chi connectivity index (χ2v) is 5.33. The van der Waals surface area contributed by atoms with Gasteiger partial charge in [0.05, 0.1) is 5.69 Å². The quantitative estimate of drug-likeness (QED) is 0.886. The Morgan fingerprint density at radius 1 is 1.36 bits per heavy atom. The first-order valence-corrected chi connectivity index (χ1v) is 7.64. The summed E-state index contributed by atoms with van der Waals surface area (Å²) in [6, 6.07) is 5.67. The molecule has 0 saturated heterocycles. The molecule has 0 aliphatic rings. The predicted octanol–water partition coefficient (Wildman–Crippen LogP) is 4.47. The number of amides is 2. The third-order valence-electron chi connectivity index (χ3n) is 3.50. The van der Waals surface area contributed by atoms with Crippen LogP contribution in [0.25, 0.3) is 11.5 Å². The number of rotatable bonds is 5. The molecule has 0 bridgehead atoms. The Labute approximate surface area is 132 Å². The SMILES string of the molecule is CCCN(CC)C(=O)Nc1ccc(C)c(-c2nc(C)co2)c1.[HH]. The summed E-state index contributed by atoms with van der Waals surface area (Å²) >= 11 is 0. The van der Waals surface area contributed by atoms with Gasteiger partial charge in [0.15, 0.2) is 0 Å². The minimum absolute atomic E-state index is 0. The van der Waals surface area contributed by atoms with Gasteiger partial charge in [-0.2, -0.15) is 0 Å². The molecule has 0 atom stereocenters. The van der Waals surface area contributed by atoms with Crippen LogP contribution in [0.3, 0.4) is 0 Å². The van der Waals surface area contributed by atoms with Crippen molar-refractivity contribution in [3.05, 3.63) is 35.7 Å². The van der Waals surface area contributed by atoms with E-state index in [0.29, 0.717) is 12.4 Å². The summed E-state index contributed by atoms with van der Waals surface area (Å²) in [6.07, 6.45) is 2.57. The molecule has 1 aromatic carbocycles. The Morgan fingerprint density at radius 2 is 2.14 bits per heavy atom. The summed E-state index contributed by atoms with van der Waals surface area (Å²) in [7, 11) is 0. The van der Waals surface area contributed by atoms with E-state index in [1.807, 2.05) is 39.0 Å². The van der Waals surface area contributed by atoms with Crippen molar-refractivity contribution in [2.24, 2.45) is 0 Å². The van der Waals surface area contributed by atoms with Crippen LogP contribution in [0.15, 0.2) is 28.9 Å². The van der Waals surface area contributed by atoms with Gasteiger partial charge in [-0.05, 0) is 44.9 Å². The smallest absolute Gasteiger partial charge is 0.321 e. The van der Waals surface area contributed by atoms with E-state index in [-0.39, 0.29) is 7.46 Å². The van der Waals surface area contributed by atoms with Crippen molar-refractivity contribution in [3.63, 3.8) is 0 Å². The molecule has 1 heterocycles. The van der Waals surface area contributed by atoms with Crippen LogP contribution in [0, 0.1) is 13.8 Å². The zero-order valence-electron chi connectivity index (χ0n) is 13.6. The minimum atomic E-state index is -0.0808. The fourth-order valence-corrected chi connectivity index (χ4v) is 2.28. The van der Waals surface area contributed by atoms with Gasteiger partial charge in [-0.25, -0.2) is 9.78 Å². The van der Waals surface area contributed by atoms with Gasteiger partial charge in [0.2, 0.25) is 5.89 Å². The Kier molecular flexibility index (Phi) is 5.20. The average Bonchev–Trinajstić information content (AvgIpc) is 2.93. The highest BCUT2D eigenvalue weighted by Crippen LogP contribution is 2.26. The summed E-state index contributed by atoms with van der Waals surface area (Å²) in [5.74, 6) is 0.576. The van der Waals surface area contributed by atoms with E-state index in [4.69, 9.17) is 4.42 Å². The number of anilines is 1. The minimum Gasteiger partial charge on any atom is -0.444 e. The molecule has 22 heavy (non-hydrogen) atoms. The van der Waals surface area contributed by atoms with Crippen LogP contribution in [0.2, 0.25) is 0 Å². The standard InChI is InChI=1S/C17H23N3O2.H2/c1-5-9-20(6-2)17(21)19-14-8-7-12(3)15(10-14)16-18-13(4)11-22-16;/h7-8,10-11H,5-6,9H2,1-4H3,(H,19,21);1H. The van der Waals surface area contributed by atoms with Crippen LogP contribution in [-0.2, 0) is 0 Å². The van der Waals surface area contributed by atoms with Gasteiger partial charge in [-0.1, -0.05) is 13.0 Å². The van der Waals surface area contributed by atoms with Crippen LogP contribution in [0.1, 0.15) is 33.0 Å². The lowest BCUT2D eigenvalue weighted by Gasteiger charge is -2.20. The largest absolute Gasteiger partial charge is 0.444 e. The molecule has 1 aromatic heterocycles. The number of aryl methyl sites for hydroxylation is 2. The first-order valence-electron chi connectivity index (χ1n) is 7.64. The molecule has 0 saturated carbocycles. The summed E-state index contributed by atoms with van der Waals surface area (Å²) in [5, 5.41) is 2.94. The van der Waals surface area contributed by atoms with Gasteiger partial charge in [-0.3, -0.25) is 0 Å². The lowest BCUT2D eigenvalue weighted by atomic mass is 10.1. The molecule has 120 valence electrons. The van der Waals surface area contributed by atoms with E-state index in [9.17, 15) is 4.79 Å². The molecule has 0 spiro atoms. The van der Waals surface area contributed by atoms with E-state index in [2.05, 4.69) is 17.2 Å². The number of carbonyl (C=O) groups excluding carboxylic acids is 1. The molecule has 2 rings (SSSR count). The van der Waals surface area contributed by atoms with Crippen molar-refractivity contribution >= 4 is 11.7 Å². The third kappa shape index (κ3) is 3.67. The maximum absolute atomic E-state index is 12.2. The van der Waals surface area contributed by atoms with Crippen molar-refractivity contribution < 1.29 is 10.6 Å². The number of oxazole rings is 1. The molecule has 1 N–H and O–H groups in total. The van der Waals surface area contributed by atoms with Crippen LogP contribution in [-0.4, -0.2) is 29.0 Å². The average molecular weight is 303 g/mol. The fraction of sp³-hybridized carbons (Fsp3) is 0.412. The molecule has 5 nitrogen and oxygen atoms in total. The molecule has 0 aliphatic heterocycles. The van der Waals surface area contributed by atoms with Gasteiger partial charge < -0.3 is 14.6 Å². The molecule has 0 radical (unpaired) electrons. The van der Waals surface area contributed by atoms with Crippen molar-refractivity contribution in [2.45, 2.75) is 34.1 Å². The monoisotopic (exact) mass is 303 g/mol. The fourth-order valence-electron chi connectivity index (χ4n) is 2.28. The number of aromatic nitrogens is 1. The van der Waals surface area contributed by atoms with Crippen LogP contribution >= 0.6 is 0 Å². The molecule has 2 aromatic rings.